The quantitative estimate of drug-likeness (QED) is 0.794. The molecule has 2 heterocycles. The van der Waals surface area contributed by atoms with Crippen molar-refractivity contribution in [2.24, 2.45) is 4.99 Å². The van der Waals surface area contributed by atoms with Gasteiger partial charge in [0.2, 0.25) is 0 Å². The molecule has 1 aromatic heterocycles. The first-order chi connectivity index (χ1) is 12.3. The van der Waals surface area contributed by atoms with E-state index in [2.05, 4.69) is 39.6 Å². The fraction of sp³-hybridized carbons (Fsp3) is 0.143. The maximum absolute atomic E-state index is 5.40. The van der Waals surface area contributed by atoms with Crippen LogP contribution in [0, 0.1) is 0 Å². The van der Waals surface area contributed by atoms with Crippen LogP contribution in [0.3, 0.4) is 0 Å². The van der Waals surface area contributed by atoms with Gasteiger partial charge in [0, 0.05) is 23.7 Å². The minimum atomic E-state index is 0.806. The molecule has 0 saturated carbocycles. The van der Waals surface area contributed by atoms with Crippen LogP contribution in [0.15, 0.2) is 71.9 Å². The molecule has 0 bridgehead atoms. The number of benzene rings is 2. The molecule has 0 fully saturated rings. The maximum Gasteiger partial charge on any atom is 0.121 e. The number of ether oxygens (including phenoxy) is 1. The minimum absolute atomic E-state index is 0.806. The summed E-state index contributed by atoms with van der Waals surface area (Å²) in [7, 11) is 1.68. The van der Waals surface area contributed by atoms with Gasteiger partial charge in [0.05, 0.1) is 19.3 Å². The average Bonchev–Trinajstić information content (AvgIpc) is 3.19. The van der Waals surface area contributed by atoms with E-state index in [0.717, 1.165) is 46.9 Å². The lowest BCUT2D eigenvalue weighted by molar-refractivity contribution is 0.414. The first kappa shape index (κ1) is 15.4. The number of methoxy groups -OCH3 is 1. The summed E-state index contributed by atoms with van der Waals surface area (Å²) in [5.74, 6) is 1.72. The highest BCUT2D eigenvalue weighted by Gasteiger charge is 2.14. The van der Waals surface area contributed by atoms with Gasteiger partial charge in [0.25, 0.3) is 0 Å². The summed E-state index contributed by atoms with van der Waals surface area (Å²) in [5.41, 5.74) is 3.03. The summed E-state index contributed by atoms with van der Waals surface area (Å²) < 4.78 is 5.40. The van der Waals surface area contributed by atoms with Gasteiger partial charge in [-0.05, 0) is 35.2 Å². The van der Waals surface area contributed by atoms with E-state index in [4.69, 9.17) is 4.74 Å². The zero-order chi connectivity index (χ0) is 17.1. The Kier molecular flexibility index (Phi) is 4.17. The van der Waals surface area contributed by atoms with Crippen molar-refractivity contribution in [2.75, 3.05) is 20.2 Å². The van der Waals surface area contributed by atoms with Crippen LogP contribution >= 0.6 is 0 Å². The molecule has 3 aromatic rings. The lowest BCUT2D eigenvalue weighted by atomic mass is 9.97. The molecule has 0 saturated heterocycles. The van der Waals surface area contributed by atoms with Crippen molar-refractivity contribution in [3.8, 4) is 5.75 Å². The highest BCUT2D eigenvalue weighted by atomic mass is 16.5. The Labute approximate surface area is 146 Å². The van der Waals surface area contributed by atoms with Crippen LogP contribution in [0.4, 0.5) is 0 Å². The molecule has 0 unspecified atom stereocenters. The van der Waals surface area contributed by atoms with E-state index in [0.29, 0.717) is 0 Å². The van der Waals surface area contributed by atoms with Crippen molar-refractivity contribution in [3.05, 3.63) is 78.1 Å². The highest BCUT2D eigenvalue weighted by Crippen LogP contribution is 2.30. The molecule has 4 nitrogen and oxygen atoms in total. The monoisotopic (exact) mass is 329 g/mol. The zero-order valence-electron chi connectivity index (χ0n) is 14.1. The van der Waals surface area contributed by atoms with Crippen LogP contribution in [0.1, 0.15) is 11.3 Å². The minimum Gasteiger partial charge on any atom is -0.497 e. The van der Waals surface area contributed by atoms with Crippen molar-refractivity contribution >= 4 is 22.2 Å². The van der Waals surface area contributed by atoms with E-state index in [9.17, 15) is 0 Å². The topological polar surface area (TPSA) is 46.5 Å². The van der Waals surface area contributed by atoms with Gasteiger partial charge in [-0.15, -0.1) is 0 Å². The molecule has 4 rings (SSSR count). The third-order valence-electron chi connectivity index (χ3n) is 4.29. The molecule has 1 aliphatic rings. The fourth-order valence-electron chi connectivity index (χ4n) is 3.06. The van der Waals surface area contributed by atoms with E-state index < -0.39 is 0 Å². The Morgan fingerprint density at radius 1 is 1.12 bits per heavy atom. The van der Waals surface area contributed by atoms with Gasteiger partial charge in [-0.1, -0.05) is 36.4 Å². The zero-order valence-corrected chi connectivity index (χ0v) is 14.1. The summed E-state index contributed by atoms with van der Waals surface area (Å²) in [6.45, 7) is 1.68. The van der Waals surface area contributed by atoms with Gasteiger partial charge >= 0.3 is 0 Å². The van der Waals surface area contributed by atoms with Gasteiger partial charge in [-0.3, -0.25) is 9.98 Å². The van der Waals surface area contributed by atoms with Gasteiger partial charge in [0.15, 0.2) is 0 Å². The third kappa shape index (κ3) is 3.11. The third-order valence-corrected chi connectivity index (χ3v) is 4.29. The van der Waals surface area contributed by atoms with E-state index in [1.54, 1.807) is 7.11 Å². The van der Waals surface area contributed by atoms with Crippen LogP contribution in [0.2, 0.25) is 0 Å². The van der Waals surface area contributed by atoms with E-state index in [1.165, 1.54) is 5.39 Å². The van der Waals surface area contributed by atoms with Gasteiger partial charge in [-0.25, -0.2) is 0 Å². The second-order valence-electron chi connectivity index (χ2n) is 5.86. The molecule has 1 aliphatic heterocycles. The maximum atomic E-state index is 5.40. The summed E-state index contributed by atoms with van der Waals surface area (Å²) in [6.07, 6.45) is 3.94. The number of aromatic nitrogens is 1. The Morgan fingerprint density at radius 2 is 2.04 bits per heavy atom. The van der Waals surface area contributed by atoms with Crippen LogP contribution in [0.25, 0.3) is 16.3 Å². The van der Waals surface area contributed by atoms with Crippen LogP contribution in [-0.2, 0) is 0 Å². The molecule has 124 valence electrons. The summed E-state index contributed by atoms with van der Waals surface area (Å²) in [4.78, 5) is 9.21. The van der Waals surface area contributed by atoms with Gasteiger partial charge in [0.1, 0.15) is 11.6 Å². The largest absolute Gasteiger partial charge is 0.497 e. The number of aliphatic imine (C=N–C) groups is 1. The number of hydrogen-bond acceptors (Lipinski definition) is 4. The molecule has 0 amide bonds. The summed E-state index contributed by atoms with van der Waals surface area (Å²) >= 11 is 0. The van der Waals surface area contributed by atoms with Crippen molar-refractivity contribution < 1.29 is 4.74 Å². The molecule has 1 N–H and O–H groups in total. The van der Waals surface area contributed by atoms with Crippen molar-refractivity contribution in [2.45, 2.75) is 0 Å². The van der Waals surface area contributed by atoms with Crippen LogP contribution in [-0.4, -0.2) is 31.0 Å². The number of fused-ring (bicyclic) bond motifs is 1. The Balaban J connectivity index is 1.93. The lowest BCUT2D eigenvalue weighted by Crippen LogP contribution is -2.16. The lowest BCUT2D eigenvalue weighted by Gasteiger charge is -2.12. The van der Waals surface area contributed by atoms with E-state index in [1.807, 2.05) is 42.6 Å². The van der Waals surface area contributed by atoms with Crippen LogP contribution in [0.5, 0.6) is 5.75 Å². The molecule has 0 radical (unpaired) electrons. The molecule has 25 heavy (non-hydrogen) atoms. The number of pyridine rings is 1. The van der Waals surface area contributed by atoms with Crippen molar-refractivity contribution in [3.63, 3.8) is 0 Å². The first-order valence-electron chi connectivity index (χ1n) is 8.34. The second-order valence-corrected chi connectivity index (χ2v) is 5.86. The molecular formula is C21H19N3O. The molecular weight excluding hydrogens is 310 g/mol. The van der Waals surface area contributed by atoms with E-state index in [-0.39, 0.29) is 0 Å². The standard InChI is InChI=1S/C21H19N3O/c1-25-17-7-4-6-16(13-17)19(14-20-22-11-12-23-20)21-18-8-3-2-5-15(18)9-10-24-21/h2-10,13-14H,11-12H2,1H3,(H,22,23)/b19-14+. The first-order valence-corrected chi connectivity index (χ1v) is 8.34. The highest BCUT2D eigenvalue weighted by molar-refractivity contribution is 6.06. The predicted molar refractivity (Wildman–Crippen MR) is 102 cm³/mol. The van der Waals surface area contributed by atoms with Crippen molar-refractivity contribution in [1.29, 1.82) is 0 Å². The number of amidine groups is 1. The smallest absolute Gasteiger partial charge is 0.121 e. The molecule has 4 heteroatoms. The molecule has 2 aromatic carbocycles. The second kappa shape index (κ2) is 6.77. The molecule has 0 spiro atoms. The summed E-state index contributed by atoms with van der Waals surface area (Å²) in [6, 6.07) is 18.4. The Morgan fingerprint density at radius 3 is 2.88 bits per heavy atom. The van der Waals surface area contributed by atoms with Crippen molar-refractivity contribution in [1.82, 2.24) is 10.3 Å². The average molecular weight is 329 g/mol. The van der Waals surface area contributed by atoms with Gasteiger partial charge in [-0.2, -0.15) is 0 Å². The number of nitrogens with zero attached hydrogens (tertiary/aromatic N) is 2. The predicted octanol–water partition coefficient (Wildman–Crippen LogP) is 3.68. The Hall–Kier alpha value is -3.14. The normalized spacial score (nSPS) is 14.3. The number of nitrogens with one attached hydrogen (secondary N) is 1. The van der Waals surface area contributed by atoms with E-state index >= 15 is 0 Å². The summed E-state index contributed by atoms with van der Waals surface area (Å²) in [5, 5.41) is 5.61. The Bertz CT molecular complexity index is 970. The molecule has 0 aliphatic carbocycles. The van der Waals surface area contributed by atoms with Crippen LogP contribution < -0.4 is 10.1 Å². The van der Waals surface area contributed by atoms with Gasteiger partial charge < -0.3 is 10.1 Å². The fourth-order valence-corrected chi connectivity index (χ4v) is 3.06. The number of hydrogen-bond donors (Lipinski definition) is 1. The number of rotatable bonds is 4. The SMILES string of the molecule is COc1cccc(/C(=C\C2=NCCN2)c2nccc3ccccc23)c1. The molecule has 0 atom stereocenters.